The van der Waals surface area contributed by atoms with E-state index in [0.717, 1.165) is 18.5 Å². The van der Waals surface area contributed by atoms with Crippen molar-refractivity contribution in [3.63, 3.8) is 0 Å². The second kappa shape index (κ2) is 11.3. The SMILES string of the molecule is C=CC(=O)OCCOCCC[SiH2]C(O[Si](C)(C)C)O[Si](C)(C)C. The lowest BCUT2D eigenvalue weighted by Crippen LogP contribution is -2.43. The van der Waals surface area contributed by atoms with Crippen LogP contribution >= 0.6 is 0 Å². The molecule has 0 aromatic carbocycles. The van der Waals surface area contributed by atoms with Gasteiger partial charge in [0.25, 0.3) is 0 Å². The first-order valence-electron chi connectivity index (χ1n) is 8.26. The van der Waals surface area contributed by atoms with Gasteiger partial charge in [-0.3, -0.25) is 0 Å². The van der Waals surface area contributed by atoms with Crippen molar-refractivity contribution in [2.45, 2.75) is 57.7 Å². The van der Waals surface area contributed by atoms with E-state index in [1.165, 1.54) is 0 Å². The van der Waals surface area contributed by atoms with Crippen LogP contribution in [-0.4, -0.2) is 57.9 Å². The van der Waals surface area contributed by atoms with Crippen molar-refractivity contribution < 1.29 is 23.1 Å². The third kappa shape index (κ3) is 16.4. The molecule has 0 aromatic rings. The predicted molar refractivity (Wildman–Crippen MR) is 103 cm³/mol. The van der Waals surface area contributed by atoms with E-state index < -0.39 is 32.1 Å². The molecule has 0 saturated carbocycles. The van der Waals surface area contributed by atoms with Gasteiger partial charge in [-0.1, -0.05) is 12.6 Å². The standard InChI is InChI=1S/C15H34O5Si3/c1-8-14(16)18-12-11-17-10-9-13-21-15(19-22(2,3)4)20-23(5,6)7/h8,15H,1,9-13,21H2,2-7H3. The van der Waals surface area contributed by atoms with E-state index in [4.69, 9.17) is 18.3 Å². The van der Waals surface area contributed by atoms with Gasteiger partial charge < -0.3 is 18.3 Å². The second-order valence-electron chi connectivity index (χ2n) is 7.37. The summed E-state index contributed by atoms with van der Waals surface area (Å²) in [5, 5.41) is 0. The third-order valence-electron chi connectivity index (χ3n) is 2.59. The Morgan fingerprint density at radius 2 is 1.61 bits per heavy atom. The molecule has 5 nitrogen and oxygen atoms in total. The van der Waals surface area contributed by atoms with Crippen molar-refractivity contribution in [2.75, 3.05) is 19.8 Å². The van der Waals surface area contributed by atoms with Gasteiger partial charge in [-0.2, -0.15) is 0 Å². The van der Waals surface area contributed by atoms with E-state index in [-0.39, 0.29) is 12.5 Å². The number of hydrogen-bond acceptors (Lipinski definition) is 5. The van der Waals surface area contributed by atoms with Crippen molar-refractivity contribution in [3.8, 4) is 0 Å². The molecule has 0 rings (SSSR count). The summed E-state index contributed by atoms with van der Waals surface area (Å²) in [4.78, 5) is 10.8. The minimum absolute atomic E-state index is 0.0434. The van der Waals surface area contributed by atoms with Crippen LogP contribution in [0.3, 0.4) is 0 Å². The number of ether oxygens (including phenoxy) is 2. The molecular weight excluding hydrogens is 344 g/mol. The van der Waals surface area contributed by atoms with E-state index in [1.54, 1.807) is 0 Å². The second-order valence-corrected chi connectivity index (χ2v) is 18.2. The van der Waals surface area contributed by atoms with Gasteiger partial charge in [0.05, 0.1) is 16.1 Å². The van der Waals surface area contributed by atoms with Gasteiger partial charge >= 0.3 is 5.97 Å². The molecule has 0 spiro atoms. The Labute approximate surface area is 145 Å². The van der Waals surface area contributed by atoms with Crippen molar-refractivity contribution in [3.05, 3.63) is 12.7 Å². The highest BCUT2D eigenvalue weighted by atomic mass is 28.4. The quantitative estimate of drug-likeness (QED) is 0.162. The Bertz CT molecular complexity index is 334. The molecule has 0 atom stereocenters. The maximum absolute atomic E-state index is 10.8. The minimum atomic E-state index is -1.58. The molecule has 0 aliphatic carbocycles. The highest BCUT2D eigenvalue weighted by Gasteiger charge is 2.26. The van der Waals surface area contributed by atoms with Gasteiger partial charge in [-0.05, 0) is 45.7 Å². The van der Waals surface area contributed by atoms with Gasteiger partial charge in [-0.15, -0.1) is 0 Å². The number of rotatable bonds is 13. The smallest absolute Gasteiger partial charge is 0.330 e. The maximum Gasteiger partial charge on any atom is 0.330 e. The summed E-state index contributed by atoms with van der Waals surface area (Å²) in [6, 6.07) is 1.13. The van der Waals surface area contributed by atoms with Crippen LogP contribution in [0.1, 0.15) is 6.42 Å². The first-order chi connectivity index (χ1) is 10.5. The molecule has 23 heavy (non-hydrogen) atoms. The minimum Gasteiger partial charge on any atom is -0.460 e. The summed E-state index contributed by atoms with van der Waals surface area (Å²) in [6.07, 6.45) is 2.16. The van der Waals surface area contributed by atoms with Crippen molar-refractivity contribution >= 4 is 32.1 Å². The molecule has 0 unspecified atom stereocenters. The third-order valence-corrected chi connectivity index (χ3v) is 6.91. The van der Waals surface area contributed by atoms with Crippen LogP contribution in [-0.2, 0) is 23.1 Å². The van der Waals surface area contributed by atoms with E-state index in [9.17, 15) is 4.79 Å². The highest BCUT2D eigenvalue weighted by Crippen LogP contribution is 2.14. The Balaban J connectivity index is 3.86. The Hall–Kier alpha value is -0.259. The van der Waals surface area contributed by atoms with Crippen LogP contribution in [0.15, 0.2) is 12.7 Å². The Kier molecular flexibility index (Phi) is 11.2. The molecule has 0 radical (unpaired) electrons. The fraction of sp³-hybridized carbons (Fsp3) is 0.800. The maximum atomic E-state index is 10.8. The molecule has 0 aliphatic rings. The molecule has 0 saturated heterocycles. The van der Waals surface area contributed by atoms with E-state index >= 15 is 0 Å². The first kappa shape index (κ1) is 22.7. The van der Waals surface area contributed by atoms with Crippen LogP contribution in [0, 0.1) is 0 Å². The summed E-state index contributed by atoms with van der Waals surface area (Å²) in [6.45, 7) is 18.0. The van der Waals surface area contributed by atoms with E-state index in [2.05, 4.69) is 45.9 Å². The lowest BCUT2D eigenvalue weighted by Gasteiger charge is -2.31. The van der Waals surface area contributed by atoms with Gasteiger partial charge in [0.2, 0.25) is 0 Å². The summed E-state index contributed by atoms with van der Waals surface area (Å²) in [7, 11) is -3.60. The molecule has 0 amide bonds. The monoisotopic (exact) mass is 378 g/mol. The fourth-order valence-electron chi connectivity index (χ4n) is 1.81. The molecule has 136 valence electrons. The van der Waals surface area contributed by atoms with Gasteiger partial charge in [-0.25, -0.2) is 4.79 Å². The van der Waals surface area contributed by atoms with Crippen LogP contribution < -0.4 is 0 Å². The zero-order valence-corrected chi connectivity index (χ0v) is 19.1. The molecule has 0 aliphatic heterocycles. The Morgan fingerprint density at radius 3 is 2.09 bits per heavy atom. The first-order valence-corrected chi connectivity index (χ1v) is 16.9. The highest BCUT2D eigenvalue weighted by molar-refractivity contribution is 6.71. The zero-order valence-electron chi connectivity index (χ0n) is 15.6. The lowest BCUT2D eigenvalue weighted by atomic mass is 10.5. The molecule has 0 N–H and O–H groups in total. The van der Waals surface area contributed by atoms with Crippen LogP contribution in [0.2, 0.25) is 45.3 Å². The predicted octanol–water partition coefficient (Wildman–Crippen LogP) is 2.70. The molecule has 8 heteroatoms. The average Bonchev–Trinajstić information content (AvgIpc) is 2.37. The number of carbonyl (C=O) groups excluding carboxylic acids is 1. The molecule has 0 bridgehead atoms. The number of hydrogen-bond donors (Lipinski definition) is 0. The summed E-state index contributed by atoms with van der Waals surface area (Å²) in [5.74, 6) is -0.363. The molecule has 0 fully saturated rings. The largest absolute Gasteiger partial charge is 0.460 e. The Morgan fingerprint density at radius 1 is 1.04 bits per heavy atom. The average molecular weight is 379 g/mol. The van der Waals surface area contributed by atoms with E-state index in [1.807, 2.05) is 0 Å². The molecular formula is C15H34O5Si3. The molecule has 0 heterocycles. The summed E-state index contributed by atoms with van der Waals surface area (Å²) >= 11 is 0. The topological polar surface area (TPSA) is 54.0 Å². The normalized spacial score (nSPS) is 13.0. The van der Waals surface area contributed by atoms with Gasteiger partial charge in [0.1, 0.15) is 12.5 Å². The fourth-order valence-corrected chi connectivity index (χ4v) is 8.35. The van der Waals surface area contributed by atoms with Crippen molar-refractivity contribution in [1.29, 1.82) is 0 Å². The van der Waals surface area contributed by atoms with Crippen molar-refractivity contribution in [2.24, 2.45) is 0 Å². The zero-order chi connectivity index (χ0) is 17.9. The lowest BCUT2D eigenvalue weighted by molar-refractivity contribution is -0.139. The molecule has 0 aromatic heterocycles. The van der Waals surface area contributed by atoms with Crippen LogP contribution in [0.5, 0.6) is 0 Å². The van der Waals surface area contributed by atoms with Crippen LogP contribution in [0.4, 0.5) is 0 Å². The number of carbonyl (C=O) groups is 1. The van der Waals surface area contributed by atoms with Gasteiger partial charge in [0, 0.05) is 12.7 Å². The summed E-state index contributed by atoms with van der Waals surface area (Å²) < 4.78 is 22.7. The van der Waals surface area contributed by atoms with E-state index in [0.29, 0.717) is 13.2 Å². The van der Waals surface area contributed by atoms with Crippen LogP contribution in [0.25, 0.3) is 0 Å². The number of esters is 1. The summed E-state index contributed by atoms with van der Waals surface area (Å²) in [5.41, 5.74) is 0. The van der Waals surface area contributed by atoms with Gasteiger partial charge in [0.15, 0.2) is 16.6 Å². The van der Waals surface area contributed by atoms with Crippen molar-refractivity contribution in [1.82, 2.24) is 0 Å².